The minimum absolute atomic E-state index is 0. The van der Waals surface area contributed by atoms with Crippen molar-refractivity contribution < 1.29 is 0 Å². The molecule has 1 aromatic rings. The Bertz CT molecular complexity index is 564. The van der Waals surface area contributed by atoms with Crippen LogP contribution in [0.4, 0.5) is 5.69 Å². The van der Waals surface area contributed by atoms with Gasteiger partial charge in [0.15, 0.2) is 0 Å². The SMILES string of the molecule is CCCCCN1CCN(c2ccccc2C2CCC(C(C)(C)C)CC2)CC1.Cl. The molecule has 1 saturated heterocycles. The lowest BCUT2D eigenvalue weighted by atomic mass is 9.68. The third-order valence-corrected chi connectivity index (χ3v) is 7.12. The molecule has 0 amide bonds. The second-order valence-electron chi connectivity index (χ2n) is 10.0. The van der Waals surface area contributed by atoms with Crippen molar-refractivity contribution in [3.63, 3.8) is 0 Å². The topological polar surface area (TPSA) is 6.48 Å². The number of unbranched alkanes of at least 4 members (excludes halogenated alkanes) is 2. The highest BCUT2D eigenvalue weighted by Crippen LogP contribution is 2.45. The van der Waals surface area contributed by atoms with E-state index in [2.05, 4.69) is 61.8 Å². The van der Waals surface area contributed by atoms with Crippen molar-refractivity contribution in [1.29, 1.82) is 0 Å². The maximum Gasteiger partial charge on any atom is 0.0402 e. The highest BCUT2D eigenvalue weighted by Gasteiger charge is 2.31. The summed E-state index contributed by atoms with van der Waals surface area (Å²) in [6, 6.07) is 9.31. The van der Waals surface area contributed by atoms with Crippen LogP contribution in [0.3, 0.4) is 0 Å². The fourth-order valence-electron chi connectivity index (χ4n) is 5.19. The van der Waals surface area contributed by atoms with Crippen LogP contribution in [0.5, 0.6) is 0 Å². The van der Waals surface area contributed by atoms with Gasteiger partial charge in [-0.15, -0.1) is 12.4 Å². The molecule has 1 heterocycles. The highest BCUT2D eigenvalue weighted by atomic mass is 35.5. The van der Waals surface area contributed by atoms with E-state index < -0.39 is 0 Å². The van der Waals surface area contributed by atoms with E-state index in [1.54, 1.807) is 5.56 Å². The van der Waals surface area contributed by atoms with Gasteiger partial charge in [0.2, 0.25) is 0 Å². The molecule has 160 valence electrons. The maximum absolute atomic E-state index is 2.67. The highest BCUT2D eigenvalue weighted by molar-refractivity contribution is 5.85. The van der Waals surface area contributed by atoms with Crippen LogP contribution in [-0.4, -0.2) is 37.6 Å². The average molecular weight is 407 g/mol. The molecule has 2 aliphatic rings. The molecule has 28 heavy (non-hydrogen) atoms. The van der Waals surface area contributed by atoms with Gasteiger partial charge in [0.05, 0.1) is 0 Å². The number of rotatable bonds is 6. The summed E-state index contributed by atoms with van der Waals surface area (Å²) >= 11 is 0. The zero-order valence-electron chi connectivity index (χ0n) is 18.8. The lowest BCUT2D eigenvalue weighted by molar-refractivity contribution is 0.169. The zero-order valence-corrected chi connectivity index (χ0v) is 19.6. The molecule has 3 rings (SSSR count). The van der Waals surface area contributed by atoms with E-state index in [9.17, 15) is 0 Å². The number of hydrogen-bond donors (Lipinski definition) is 0. The van der Waals surface area contributed by atoms with Gasteiger partial charge in [0.25, 0.3) is 0 Å². The van der Waals surface area contributed by atoms with Gasteiger partial charge in [-0.05, 0) is 67.5 Å². The first-order valence-electron chi connectivity index (χ1n) is 11.5. The first-order valence-corrected chi connectivity index (χ1v) is 11.5. The molecule has 1 saturated carbocycles. The molecule has 1 aromatic carbocycles. The lowest BCUT2D eigenvalue weighted by Crippen LogP contribution is -2.47. The predicted octanol–water partition coefficient (Wildman–Crippen LogP) is 6.74. The predicted molar refractivity (Wildman–Crippen MR) is 126 cm³/mol. The number of nitrogens with zero attached hydrogens (tertiary/aromatic N) is 2. The van der Waals surface area contributed by atoms with Crippen molar-refractivity contribution in [2.24, 2.45) is 11.3 Å². The zero-order chi connectivity index (χ0) is 19.3. The Morgan fingerprint density at radius 1 is 0.893 bits per heavy atom. The molecule has 0 aromatic heterocycles. The standard InChI is InChI=1S/C25H42N2.ClH/c1-5-6-9-16-26-17-19-27(20-18-26)24-11-8-7-10-23(24)21-12-14-22(15-13-21)25(2,3)4;/h7-8,10-11,21-22H,5-6,9,12-20H2,1-4H3;1H. The number of benzene rings is 1. The number of hydrogen-bond acceptors (Lipinski definition) is 2. The molecule has 0 bridgehead atoms. The van der Waals surface area contributed by atoms with Crippen LogP contribution in [0.15, 0.2) is 24.3 Å². The van der Waals surface area contributed by atoms with Gasteiger partial charge >= 0.3 is 0 Å². The maximum atomic E-state index is 2.67. The third-order valence-electron chi connectivity index (χ3n) is 7.12. The van der Waals surface area contributed by atoms with Gasteiger partial charge in [-0.1, -0.05) is 58.7 Å². The van der Waals surface area contributed by atoms with Crippen molar-refractivity contribution in [2.45, 2.75) is 78.6 Å². The van der Waals surface area contributed by atoms with Crippen LogP contribution in [0, 0.1) is 11.3 Å². The number of halogens is 1. The van der Waals surface area contributed by atoms with Crippen molar-refractivity contribution in [1.82, 2.24) is 4.90 Å². The second kappa shape index (κ2) is 10.9. The molecule has 1 aliphatic heterocycles. The van der Waals surface area contributed by atoms with Crippen LogP contribution in [0.2, 0.25) is 0 Å². The van der Waals surface area contributed by atoms with E-state index in [1.165, 1.54) is 83.4 Å². The average Bonchev–Trinajstić information content (AvgIpc) is 2.68. The van der Waals surface area contributed by atoms with E-state index in [4.69, 9.17) is 0 Å². The monoisotopic (exact) mass is 406 g/mol. The Morgan fingerprint density at radius 2 is 1.54 bits per heavy atom. The van der Waals surface area contributed by atoms with Gasteiger partial charge in [0.1, 0.15) is 0 Å². The molecule has 1 aliphatic carbocycles. The second-order valence-corrected chi connectivity index (χ2v) is 10.0. The summed E-state index contributed by atoms with van der Waals surface area (Å²) in [6.07, 6.45) is 9.60. The van der Waals surface area contributed by atoms with E-state index in [-0.39, 0.29) is 12.4 Å². The van der Waals surface area contributed by atoms with Crippen LogP contribution >= 0.6 is 12.4 Å². The molecule has 2 fully saturated rings. The minimum atomic E-state index is 0. The Balaban J connectivity index is 0.00000280. The Hall–Kier alpha value is -0.730. The number of anilines is 1. The summed E-state index contributed by atoms with van der Waals surface area (Å²) in [5.74, 6) is 1.66. The molecule has 0 atom stereocenters. The summed E-state index contributed by atoms with van der Waals surface area (Å²) in [7, 11) is 0. The van der Waals surface area contributed by atoms with E-state index in [1.807, 2.05) is 0 Å². The Kier molecular flexibility index (Phi) is 9.15. The Labute approximate surface area is 180 Å². The molecular formula is C25H43ClN2. The van der Waals surface area contributed by atoms with Crippen LogP contribution in [0.1, 0.15) is 84.1 Å². The summed E-state index contributed by atoms with van der Waals surface area (Å²) in [6.45, 7) is 15.7. The van der Waals surface area contributed by atoms with Gasteiger partial charge in [-0.25, -0.2) is 0 Å². The van der Waals surface area contributed by atoms with E-state index >= 15 is 0 Å². The molecule has 0 unspecified atom stereocenters. The fraction of sp³-hybridized carbons (Fsp3) is 0.760. The lowest BCUT2D eigenvalue weighted by Gasteiger charge is -2.40. The summed E-state index contributed by atoms with van der Waals surface area (Å²) in [5.41, 5.74) is 3.63. The summed E-state index contributed by atoms with van der Waals surface area (Å²) < 4.78 is 0. The Morgan fingerprint density at radius 3 is 2.14 bits per heavy atom. The minimum Gasteiger partial charge on any atom is -0.369 e. The van der Waals surface area contributed by atoms with Gasteiger partial charge in [-0.3, -0.25) is 4.90 Å². The molecule has 3 heteroatoms. The van der Waals surface area contributed by atoms with Crippen molar-refractivity contribution in [2.75, 3.05) is 37.6 Å². The van der Waals surface area contributed by atoms with Crippen molar-refractivity contribution in [3.8, 4) is 0 Å². The van der Waals surface area contributed by atoms with Crippen LogP contribution in [-0.2, 0) is 0 Å². The largest absolute Gasteiger partial charge is 0.369 e. The molecule has 0 N–H and O–H groups in total. The van der Waals surface area contributed by atoms with Crippen molar-refractivity contribution in [3.05, 3.63) is 29.8 Å². The van der Waals surface area contributed by atoms with Gasteiger partial charge < -0.3 is 4.90 Å². The summed E-state index contributed by atoms with van der Waals surface area (Å²) in [4.78, 5) is 5.34. The normalized spacial score (nSPS) is 24.1. The van der Waals surface area contributed by atoms with Gasteiger partial charge in [0, 0.05) is 31.9 Å². The molecule has 0 radical (unpaired) electrons. The number of para-hydroxylation sites is 1. The molecular weight excluding hydrogens is 364 g/mol. The van der Waals surface area contributed by atoms with Gasteiger partial charge in [-0.2, -0.15) is 0 Å². The van der Waals surface area contributed by atoms with Crippen molar-refractivity contribution >= 4 is 18.1 Å². The first kappa shape index (κ1) is 23.5. The fourth-order valence-corrected chi connectivity index (χ4v) is 5.19. The van der Waals surface area contributed by atoms with Crippen LogP contribution in [0.25, 0.3) is 0 Å². The van der Waals surface area contributed by atoms with E-state index in [0.29, 0.717) is 5.41 Å². The molecule has 2 nitrogen and oxygen atoms in total. The smallest absolute Gasteiger partial charge is 0.0402 e. The number of piperazine rings is 1. The molecule has 0 spiro atoms. The first-order chi connectivity index (χ1) is 13.0. The quantitative estimate of drug-likeness (QED) is 0.482. The third kappa shape index (κ3) is 6.13. The summed E-state index contributed by atoms with van der Waals surface area (Å²) in [5, 5.41) is 0. The van der Waals surface area contributed by atoms with E-state index in [0.717, 1.165) is 11.8 Å². The van der Waals surface area contributed by atoms with Crippen LogP contribution < -0.4 is 4.90 Å².